The molecule has 2 atom stereocenters. The number of rotatable bonds is 1. The van der Waals surface area contributed by atoms with Gasteiger partial charge in [-0.05, 0) is 123 Å². The van der Waals surface area contributed by atoms with E-state index < -0.39 is 0 Å². The molecule has 0 amide bonds. The maximum absolute atomic E-state index is 7.14. The predicted octanol–water partition coefficient (Wildman–Crippen LogP) is 13.8. The molecule has 4 heterocycles. The monoisotopic (exact) mass is 784 g/mol. The minimum absolute atomic E-state index is 0.0107. The summed E-state index contributed by atoms with van der Waals surface area (Å²) in [6.07, 6.45) is 4.88. The van der Waals surface area contributed by atoms with E-state index in [1.54, 1.807) is 5.56 Å². The lowest BCUT2D eigenvalue weighted by Crippen LogP contribution is -2.65. The fourth-order valence-electron chi connectivity index (χ4n) is 12.9. The molecule has 2 unspecified atom stereocenters. The molecule has 1 aromatic heterocycles. The first-order valence-corrected chi connectivity index (χ1v) is 22.6. The summed E-state index contributed by atoms with van der Waals surface area (Å²) in [7, 11) is 0. The molecule has 0 radical (unpaired) electrons. The summed E-state index contributed by atoms with van der Waals surface area (Å²) >= 11 is 0. The van der Waals surface area contributed by atoms with Crippen molar-refractivity contribution in [1.29, 1.82) is 0 Å². The van der Waals surface area contributed by atoms with Gasteiger partial charge in [0.25, 0.3) is 0 Å². The Kier molecular flexibility index (Phi) is 6.94. The highest BCUT2D eigenvalue weighted by atomic mass is 16.3. The van der Waals surface area contributed by atoms with E-state index in [2.05, 4.69) is 183 Å². The topological polar surface area (TPSA) is 19.6 Å². The number of nitrogens with zero attached hydrogens (tertiary/aromatic N) is 2. The van der Waals surface area contributed by atoms with Gasteiger partial charge in [0.1, 0.15) is 5.58 Å². The van der Waals surface area contributed by atoms with Gasteiger partial charge < -0.3 is 14.1 Å². The molecule has 60 heavy (non-hydrogen) atoms. The third-order valence-electron chi connectivity index (χ3n) is 16.4. The van der Waals surface area contributed by atoms with Crippen LogP contribution in [0.3, 0.4) is 0 Å². The molecule has 0 N–H and O–H groups in total. The summed E-state index contributed by atoms with van der Waals surface area (Å²) in [5.74, 6) is 0. The molecule has 3 nitrogen and oxygen atoms in total. The fourth-order valence-corrected chi connectivity index (χ4v) is 12.9. The van der Waals surface area contributed by atoms with E-state index in [0.717, 1.165) is 11.2 Å². The number of anilines is 4. The van der Waals surface area contributed by atoms with E-state index in [9.17, 15) is 0 Å². The summed E-state index contributed by atoms with van der Waals surface area (Å²) in [6.45, 7) is 26.7. The number of hydrogen-bond acceptors (Lipinski definition) is 3. The van der Waals surface area contributed by atoms with Crippen LogP contribution in [-0.2, 0) is 21.7 Å². The Balaban J connectivity index is 1.31. The molecule has 2 aliphatic carbocycles. The van der Waals surface area contributed by atoms with Gasteiger partial charge in [0.2, 0.25) is 0 Å². The Morgan fingerprint density at radius 2 is 1.35 bits per heavy atom. The quantitative estimate of drug-likeness (QED) is 0.155. The average molecular weight is 785 g/mol. The highest BCUT2D eigenvalue weighted by Gasteiger charge is 2.63. The van der Waals surface area contributed by atoms with Crippen LogP contribution in [0.5, 0.6) is 0 Å². The van der Waals surface area contributed by atoms with Crippen LogP contribution in [0.2, 0.25) is 0 Å². The molecule has 5 aliphatic rings. The van der Waals surface area contributed by atoms with Gasteiger partial charge in [-0.15, -0.1) is 0 Å². The number of aryl methyl sites for hydroxylation is 1. The summed E-state index contributed by atoms with van der Waals surface area (Å²) in [4.78, 5) is 5.71. The molecule has 1 fully saturated rings. The van der Waals surface area contributed by atoms with Crippen LogP contribution in [0.1, 0.15) is 128 Å². The van der Waals surface area contributed by atoms with Gasteiger partial charge >= 0.3 is 6.85 Å². The Bertz CT molecular complexity index is 3060. The predicted molar refractivity (Wildman–Crippen MR) is 255 cm³/mol. The van der Waals surface area contributed by atoms with Crippen molar-refractivity contribution in [3.8, 4) is 22.3 Å². The third-order valence-corrected chi connectivity index (χ3v) is 16.4. The number of para-hydroxylation sites is 1. The van der Waals surface area contributed by atoms with Crippen molar-refractivity contribution in [2.75, 3.05) is 9.71 Å². The van der Waals surface area contributed by atoms with Gasteiger partial charge in [-0.3, -0.25) is 0 Å². The lowest BCUT2D eigenvalue weighted by atomic mass is 9.42. The zero-order chi connectivity index (χ0) is 41.6. The van der Waals surface area contributed by atoms with Crippen molar-refractivity contribution in [3.05, 3.63) is 130 Å². The average Bonchev–Trinajstić information content (AvgIpc) is 3.77. The van der Waals surface area contributed by atoms with E-state index in [1.807, 2.05) is 0 Å². The molecule has 1 saturated carbocycles. The molecular formula is C56H57BN2O. The second-order valence-electron chi connectivity index (χ2n) is 22.1. The van der Waals surface area contributed by atoms with Crippen molar-refractivity contribution in [3.63, 3.8) is 0 Å². The largest absolute Gasteiger partial charge is 0.454 e. The summed E-state index contributed by atoms with van der Waals surface area (Å²) in [6, 6.07) is 37.8. The van der Waals surface area contributed by atoms with Crippen LogP contribution in [0.4, 0.5) is 22.7 Å². The highest BCUT2D eigenvalue weighted by Crippen LogP contribution is 2.66. The normalized spacial score (nSPS) is 21.8. The number of furan rings is 1. The number of fused-ring (bicyclic) bond motifs is 15. The third kappa shape index (κ3) is 4.33. The molecule has 0 bridgehead atoms. The van der Waals surface area contributed by atoms with Crippen LogP contribution in [-0.4, -0.2) is 12.4 Å². The molecule has 0 spiro atoms. The van der Waals surface area contributed by atoms with Crippen molar-refractivity contribution >= 4 is 62.5 Å². The van der Waals surface area contributed by atoms with Crippen LogP contribution >= 0.6 is 0 Å². The van der Waals surface area contributed by atoms with Crippen LogP contribution in [0.25, 0.3) is 44.2 Å². The maximum atomic E-state index is 7.14. The van der Waals surface area contributed by atoms with Crippen molar-refractivity contribution in [1.82, 2.24) is 0 Å². The Morgan fingerprint density at radius 1 is 0.617 bits per heavy atom. The Hall–Kier alpha value is -5.22. The highest BCUT2D eigenvalue weighted by molar-refractivity contribution is 6.94. The fraction of sp³-hybridized carbons (Fsp3) is 0.357. The van der Waals surface area contributed by atoms with Gasteiger partial charge in [0.05, 0.1) is 11.2 Å². The Morgan fingerprint density at radius 3 is 2.12 bits per heavy atom. The second kappa shape index (κ2) is 11.4. The van der Waals surface area contributed by atoms with Gasteiger partial charge in [-0.25, -0.2) is 0 Å². The van der Waals surface area contributed by atoms with Crippen molar-refractivity contribution in [2.24, 2.45) is 0 Å². The molecule has 6 aromatic carbocycles. The summed E-state index contributed by atoms with van der Waals surface area (Å²) < 4.78 is 7.14. The van der Waals surface area contributed by atoms with E-state index in [0.29, 0.717) is 0 Å². The minimum atomic E-state index is -0.189. The lowest BCUT2D eigenvalue weighted by molar-refractivity contribution is 0.194. The second-order valence-corrected chi connectivity index (χ2v) is 22.1. The summed E-state index contributed by atoms with van der Waals surface area (Å²) in [5, 5.41) is 2.34. The van der Waals surface area contributed by atoms with Crippen LogP contribution < -0.4 is 20.6 Å². The first kappa shape index (κ1) is 36.6. The minimum Gasteiger partial charge on any atom is -0.454 e. The number of hydrogen-bond donors (Lipinski definition) is 0. The van der Waals surface area contributed by atoms with Gasteiger partial charge in [-0.2, -0.15) is 0 Å². The molecule has 12 rings (SSSR count). The smallest absolute Gasteiger partial charge is 0.333 e. The van der Waals surface area contributed by atoms with Crippen LogP contribution in [0, 0.1) is 6.92 Å². The van der Waals surface area contributed by atoms with E-state index in [4.69, 9.17) is 4.42 Å². The molecule has 0 saturated heterocycles. The first-order chi connectivity index (χ1) is 28.4. The van der Waals surface area contributed by atoms with E-state index in [-0.39, 0.29) is 34.0 Å². The van der Waals surface area contributed by atoms with Gasteiger partial charge in [0, 0.05) is 44.2 Å². The first-order valence-electron chi connectivity index (χ1n) is 22.6. The zero-order valence-corrected chi connectivity index (χ0v) is 37.4. The maximum Gasteiger partial charge on any atom is 0.333 e. The molecular weight excluding hydrogens is 727 g/mol. The molecule has 300 valence electrons. The molecule has 4 heteroatoms. The number of benzene rings is 6. The van der Waals surface area contributed by atoms with E-state index in [1.165, 1.54) is 120 Å². The van der Waals surface area contributed by atoms with Crippen LogP contribution in [0.15, 0.2) is 101 Å². The van der Waals surface area contributed by atoms with Gasteiger partial charge in [-0.1, -0.05) is 148 Å². The lowest BCUT2D eigenvalue weighted by Gasteiger charge is -2.54. The zero-order valence-electron chi connectivity index (χ0n) is 37.4. The van der Waals surface area contributed by atoms with E-state index >= 15 is 0 Å². The van der Waals surface area contributed by atoms with Gasteiger partial charge in [0.15, 0.2) is 5.58 Å². The van der Waals surface area contributed by atoms with Crippen molar-refractivity contribution in [2.45, 2.75) is 129 Å². The van der Waals surface area contributed by atoms with Crippen molar-refractivity contribution < 1.29 is 4.42 Å². The standard InChI is InChI=1S/C56H57BN2O/c1-32-28-33(52(2,3)4)22-25-44(32)59-48-37(23-24-38-36-19-13-15-21-45(36)60-51(38)48)40-31-39-35-18-12-14-20-41(35)54(8,9)46(39)50-47(40)57(59)43-30-34(53(5,6)7)29-42-49(43)58(50)56(11)27-17-16-26-55(42,56)10/h12-15,18-25,28-31H,16-17,26-27H2,1-11H3. The summed E-state index contributed by atoms with van der Waals surface area (Å²) in [5.41, 5.74) is 23.8. The molecule has 7 aromatic rings. The SMILES string of the molecule is Cc1cc(C(C)(C)C)ccc1N1B2c3cc(C(C)(C)C)cc4c3N(c3c2c(cc2c3C(C)(C)c3ccccc3-2)-c2ccc3c(oc5ccccc53)c21)C1(C)CCCCC41C. The Labute approximate surface area is 356 Å². The molecule has 3 aliphatic heterocycles.